The van der Waals surface area contributed by atoms with Gasteiger partial charge in [-0.1, -0.05) is 30.3 Å². The van der Waals surface area contributed by atoms with Gasteiger partial charge in [0.1, 0.15) is 28.7 Å². The second kappa shape index (κ2) is 10.2. The van der Waals surface area contributed by atoms with Crippen molar-refractivity contribution in [2.75, 3.05) is 0 Å². The Bertz CT molecular complexity index is 1210. The molecule has 1 atom stereocenters. The molecule has 0 aliphatic heterocycles. The van der Waals surface area contributed by atoms with Crippen LogP contribution in [0.2, 0.25) is 0 Å². The van der Waals surface area contributed by atoms with Crippen molar-refractivity contribution in [3.05, 3.63) is 82.3 Å². The van der Waals surface area contributed by atoms with E-state index in [-0.39, 0.29) is 23.3 Å². The molecule has 1 heterocycles. The first-order chi connectivity index (χ1) is 16.3. The standard InChI is InChI=1S/C27H33N3O5/c1-26(2,3)34-20-14-12-18(13-15-20)16-22(25(33)35-27(4,5)6)28-24(32)21-17-23(31)30(29-21)19-10-8-7-9-11-19/h7-15,17,22,29H,16H2,1-6H3,(H,28,32). The van der Waals surface area contributed by atoms with E-state index in [1.165, 1.54) is 10.7 Å². The lowest BCUT2D eigenvalue weighted by Crippen LogP contribution is -2.45. The molecule has 35 heavy (non-hydrogen) atoms. The number of para-hydroxylation sites is 1. The van der Waals surface area contributed by atoms with Gasteiger partial charge in [-0.05, 0) is 71.4 Å². The van der Waals surface area contributed by atoms with Crippen molar-refractivity contribution in [3.8, 4) is 11.4 Å². The van der Waals surface area contributed by atoms with E-state index in [0.717, 1.165) is 5.56 Å². The lowest BCUT2D eigenvalue weighted by atomic mass is 10.0. The van der Waals surface area contributed by atoms with Crippen LogP contribution >= 0.6 is 0 Å². The predicted octanol–water partition coefficient (Wildman–Crippen LogP) is 4.03. The molecule has 1 aromatic heterocycles. The number of benzene rings is 2. The quantitative estimate of drug-likeness (QED) is 0.498. The molecule has 1 unspecified atom stereocenters. The summed E-state index contributed by atoms with van der Waals surface area (Å²) in [7, 11) is 0. The number of amides is 1. The highest BCUT2D eigenvalue weighted by molar-refractivity contribution is 5.95. The van der Waals surface area contributed by atoms with Gasteiger partial charge in [0.05, 0.1) is 5.69 Å². The minimum Gasteiger partial charge on any atom is -0.488 e. The van der Waals surface area contributed by atoms with Gasteiger partial charge in [0.2, 0.25) is 0 Å². The molecule has 0 aliphatic carbocycles. The average molecular weight is 480 g/mol. The summed E-state index contributed by atoms with van der Waals surface area (Å²) in [6.07, 6.45) is 0.208. The molecule has 0 aliphatic rings. The fraction of sp³-hybridized carbons (Fsp3) is 0.370. The molecule has 8 heteroatoms. The lowest BCUT2D eigenvalue weighted by molar-refractivity contribution is -0.157. The van der Waals surface area contributed by atoms with Gasteiger partial charge in [0, 0.05) is 12.5 Å². The number of ether oxygens (including phenoxy) is 2. The third kappa shape index (κ3) is 7.60. The van der Waals surface area contributed by atoms with Gasteiger partial charge in [-0.25, -0.2) is 9.48 Å². The normalized spacial score (nSPS) is 12.6. The van der Waals surface area contributed by atoms with E-state index in [4.69, 9.17) is 9.47 Å². The van der Waals surface area contributed by atoms with E-state index in [1.807, 2.05) is 51.1 Å². The number of nitrogens with zero attached hydrogens (tertiary/aromatic N) is 1. The molecule has 0 saturated carbocycles. The highest BCUT2D eigenvalue weighted by atomic mass is 16.6. The highest BCUT2D eigenvalue weighted by Gasteiger charge is 2.28. The summed E-state index contributed by atoms with van der Waals surface area (Å²) in [6.45, 7) is 11.2. The Morgan fingerprint density at radius 3 is 2.14 bits per heavy atom. The number of hydrogen-bond acceptors (Lipinski definition) is 5. The predicted molar refractivity (Wildman–Crippen MR) is 134 cm³/mol. The highest BCUT2D eigenvalue weighted by Crippen LogP contribution is 2.20. The molecular formula is C27H33N3O5. The SMILES string of the molecule is CC(C)(C)OC(=O)C(Cc1ccc(OC(C)(C)C)cc1)NC(=O)c1cc(=O)n(-c2ccccc2)[nH]1. The number of rotatable bonds is 7. The lowest BCUT2D eigenvalue weighted by Gasteiger charge is -2.25. The van der Waals surface area contributed by atoms with E-state index in [0.29, 0.717) is 11.4 Å². The molecule has 0 fully saturated rings. The number of nitrogens with one attached hydrogen (secondary N) is 2. The van der Waals surface area contributed by atoms with Gasteiger partial charge in [-0.3, -0.25) is 14.7 Å². The van der Waals surface area contributed by atoms with E-state index in [2.05, 4.69) is 10.4 Å². The van der Waals surface area contributed by atoms with Gasteiger partial charge in [-0.15, -0.1) is 0 Å². The molecule has 3 rings (SSSR count). The van der Waals surface area contributed by atoms with Crippen LogP contribution in [0.15, 0.2) is 65.5 Å². The van der Waals surface area contributed by atoms with Gasteiger partial charge >= 0.3 is 5.97 Å². The summed E-state index contributed by atoms with van der Waals surface area (Å²) in [4.78, 5) is 38.4. The van der Waals surface area contributed by atoms with Crippen LogP contribution in [0.5, 0.6) is 5.75 Å². The molecule has 0 radical (unpaired) electrons. The topological polar surface area (TPSA) is 102 Å². The Labute approximate surface area is 205 Å². The first-order valence-electron chi connectivity index (χ1n) is 11.5. The zero-order valence-electron chi connectivity index (χ0n) is 21.0. The molecule has 0 spiro atoms. The maximum atomic E-state index is 13.0. The molecule has 1 amide bonds. The van der Waals surface area contributed by atoms with Gasteiger partial charge in [0.25, 0.3) is 11.5 Å². The first-order valence-corrected chi connectivity index (χ1v) is 11.5. The number of esters is 1. The Morgan fingerprint density at radius 2 is 1.57 bits per heavy atom. The molecule has 186 valence electrons. The molecular weight excluding hydrogens is 446 g/mol. The van der Waals surface area contributed by atoms with Crippen molar-refractivity contribution in [1.29, 1.82) is 0 Å². The number of carbonyl (C=O) groups excluding carboxylic acids is 2. The summed E-state index contributed by atoms with van der Waals surface area (Å²) in [6, 6.07) is 16.5. The number of hydrogen-bond donors (Lipinski definition) is 2. The van der Waals surface area contributed by atoms with E-state index < -0.39 is 23.5 Å². The molecule has 2 aromatic carbocycles. The van der Waals surface area contributed by atoms with Crippen molar-refractivity contribution < 1.29 is 19.1 Å². The van der Waals surface area contributed by atoms with E-state index >= 15 is 0 Å². The summed E-state index contributed by atoms with van der Waals surface area (Å²) < 4.78 is 12.7. The number of aromatic amines is 1. The third-order valence-electron chi connectivity index (χ3n) is 4.76. The summed E-state index contributed by atoms with van der Waals surface area (Å²) in [5.74, 6) is -0.440. The molecule has 8 nitrogen and oxygen atoms in total. The molecule has 2 N–H and O–H groups in total. The largest absolute Gasteiger partial charge is 0.488 e. The van der Waals surface area contributed by atoms with E-state index in [1.54, 1.807) is 45.0 Å². The zero-order chi connectivity index (χ0) is 25.8. The average Bonchev–Trinajstić information content (AvgIpc) is 3.14. The van der Waals surface area contributed by atoms with Crippen LogP contribution in [-0.4, -0.2) is 38.9 Å². The van der Waals surface area contributed by atoms with Crippen LogP contribution in [0.25, 0.3) is 5.69 Å². The zero-order valence-corrected chi connectivity index (χ0v) is 21.0. The van der Waals surface area contributed by atoms with Crippen molar-refractivity contribution in [2.45, 2.75) is 65.2 Å². The second-order valence-corrected chi connectivity index (χ2v) is 10.3. The minimum absolute atomic E-state index is 0.0429. The summed E-state index contributed by atoms with van der Waals surface area (Å²) in [5.41, 5.74) is 0.0123. The van der Waals surface area contributed by atoms with Crippen LogP contribution in [0.3, 0.4) is 0 Å². The second-order valence-electron chi connectivity index (χ2n) is 10.3. The summed E-state index contributed by atoms with van der Waals surface area (Å²) >= 11 is 0. The maximum absolute atomic E-state index is 13.0. The Kier molecular flexibility index (Phi) is 7.53. The van der Waals surface area contributed by atoms with E-state index in [9.17, 15) is 14.4 Å². The van der Waals surface area contributed by atoms with Crippen molar-refractivity contribution in [1.82, 2.24) is 15.1 Å². The number of H-pyrrole nitrogens is 1. The van der Waals surface area contributed by atoms with Crippen LogP contribution in [-0.2, 0) is 16.0 Å². The van der Waals surface area contributed by atoms with Gasteiger partial charge < -0.3 is 14.8 Å². The van der Waals surface area contributed by atoms with Crippen molar-refractivity contribution in [3.63, 3.8) is 0 Å². The maximum Gasteiger partial charge on any atom is 0.329 e. The van der Waals surface area contributed by atoms with Gasteiger partial charge in [-0.2, -0.15) is 0 Å². The molecule has 0 bridgehead atoms. The van der Waals surface area contributed by atoms with Crippen molar-refractivity contribution >= 4 is 11.9 Å². The van der Waals surface area contributed by atoms with Crippen LogP contribution in [0.1, 0.15) is 57.6 Å². The first kappa shape index (κ1) is 25.8. The number of carbonyl (C=O) groups is 2. The minimum atomic E-state index is -0.959. The Balaban J connectivity index is 1.80. The fourth-order valence-corrected chi connectivity index (χ4v) is 3.37. The smallest absolute Gasteiger partial charge is 0.329 e. The Hall–Kier alpha value is -3.81. The molecule has 0 saturated heterocycles. The monoisotopic (exact) mass is 479 g/mol. The third-order valence-corrected chi connectivity index (χ3v) is 4.76. The molecule has 3 aromatic rings. The van der Waals surface area contributed by atoms with Gasteiger partial charge in [0.15, 0.2) is 0 Å². The fourth-order valence-electron chi connectivity index (χ4n) is 3.37. The van der Waals surface area contributed by atoms with Crippen LogP contribution in [0.4, 0.5) is 0 Å². The summed E-state index contributed by atoms with van der Waals surface area (Å²) in [5, 5.41) is 5.53. The number of aromatic nitrogens is 2. The van der Waals surface area contributed by atoms with Crippen LogP contribution < -0.4 is 15.6 Å². The van der Waals surface area contributed by atoms with Crippen LogP contribution in [0, 0.1) is 0 Å². The Morgan fingerprint density at radius 1 is 0.943 bits per heavy atom. The van der Waals surface area contributed by atoms with Crippen molar-refractivity contribution in [2.24, 2.45) is 0 Å².